The first-order chi connectivity index (χ1) is 11.9. The Balaban J connectivity index is 2.39. The molecule has 1 aromatic heterocycles. The maximum atomic E-state index is 13.7. The quantitative estimate of drug-likeness (QED) is 0.817. The largest absolute Gasteiger partial charge is 0.573 e. The molecule has 138 valence electrons. The van der Waals surface area contributed by atoms with Gasteiger partial charge in [-0.15, -0.1) is 13.2 Å². The number of hydrogen-bond donors (Lipinski definition) is 1. The van der Waals surface area contributed by atoms with E-state index in [1.54, 1.807) is 0 Å². The SMILES string of the molecule is N#Cc1ccc(C(N)c2ccc(OC(F)(F)F)c(F)c2)nc1C(F)(F)F. The van der Waals surface area contributed by atoms with Crippen molar-refractivity contribution in [2.45, 2.75) is 18.6 Å². The second-order valence-corrected chi connectivity index (χ2v) is 4.96. The van der Waals surface area contributed by atoms with E-state index in [-0.39, 0.29) is 11.3 Å². The van der Waals surface area contributed by atoms with E-state index in [2.05, 4.69) is 9.72 Å². The van der Waals surface area contributed by atoms with Crippen molar-refractivity contribution in [1.29, 1.82) is 5.26 Å². The molecule has 1 unspecified atom stereocenters. The highest BCUT2D eigenvalue weighted by atomic mass is 19.4. The highest BCUT2D eigenvalue weighted by Crippen LogP contribution is 2.33. The summed E-state index contributed by atoms with van der Waals surface area (Å²) in [6.45, 7) is 0. The summed E-state index contributed by atoms with van der Waals surface area (Å²) in [6, 6.07) is 4.05. The first kappa shape index (κ1) is 19.5. The van der Waals surface area contributed by atoms with Crippen LogP contribution >= 0.6 is 0 Å². The normalized spacial score (nSPS) is 13.2. The van der Waals surface area contributed by atoms with E-state index in [0.29, 0.717) is 12.1 Å². The van der Waals surface area contributed by atoms with Gasteiger partial charge >= 0.3 is 12.5 Å². The predicted octanol–water partition coefficient (Wildman–Crippen LogP) is 4.06. The second kappa shape index (κ2) is 6.80. The van der Waals surface area contributed by atoms with Crippen molar-refractivity contribution in [1.82, 2.24) is 4.98 Å². The van der Waals surface area contributed by atoms with Crippen LogP contribution in [0.25, 0.3) is 0 Å². The molecule has 1 aromatic carbocycles. The maximum absolute atomic E-state index is 13.7. The molecule has 4 nitrogen and oxygen atoms in total. The van der Waals surface area contributed by atoms with Crippen LogP contribution in [0.4, 0.5) is 30.7 Å². The molecule has 0 fully saturated rings. The number of halogens is 7. The monoisotopic (exact) mass is 379 g/mol. The van der Waals surface area contributed by atoms with Gasteiger partial charge < -0.3 is 10.5 Å². The number of nitrogens with two attached hydrogens (primary N) is 1. The van der Waals surface area contributed by atoms with E-state index in [1.165, 1.54) is 6.07 Å². The topological polar surface area (TPSA) is 71.9 Å². The number of benzene rings is 1. The minimum Gasteiger partial charge on any atom is -0.403 e. The number of nitrogens with zero attached hydrogens (tertiary/aromatic N) is 2. The number of rotatable bonds is 3. The fraction of sp³-hybridized carbons (Fsp3) is 0.200. The smallest absolute Gasteiger partial charge is 0.403 e. The van der Waals surface area contributed by atoms with Gasteiger partial charge in [-0.1, -0.05) is 6.07 Å². The standard InChI is InChI=1S/C15H8F7N3O/c16-9-5-7(2-4-11(9)26-15(20,21)22)12(24)10-3-1-8(6-23)13(25-10)14(17,18)19/h1-5,12H,24H2. The van der Waals surface area contributed by atoms with Crippen LogP contribution in [-0.4, -0.2) is 11.3 Å². The fourth-order valence-electron chi connectivity index (χ4n) is 2.04. The van der Waals surface area contributed by atoms with Gasteiger partial charge in [-0.25, -0.2) is 9.37 Å². The zero-order valence-electron chi connectivity index (χ0n) is 12.5. The Morgan fingerprint density at radius 3 is 2.23 bits per heavy atom. The van der Waals surface area contributed by atoms with Gasteiger partial charge in [-0.3, -0.25) is 0 Å². The van der Waals surface area contributed by atoms with Gasteiger partial charge in [0.1, 0.15) is 6.07 Å². The van der Waals surface area contributed by atoms with E-state index < -0.39 is 41.4 Å². The van der Waals surface area contributed by atoms with Crippen molar-refractivity contribution in [2.75, 3.05) is 0 Å². The molecule has 2 N–H and O–H groups in total. The second-order valence-electron chi connectivity index (χ2n) is 4.96. The summed E-state index contributed by atoms with van der Waals surface area (Å²) < 4.78 is 92.3. The van der Waals surface area contributed by atoms with Crippen LogP contribution in [0.15, 0.2) is 30.3 Å². The Labute approximate surface area is 141 Å². The molecular weight excluding hydrogens is 371 g/mol. The zero-order valence-corrected chi connectivity index (χ0v) is 12.5. The zero-order chi connectivity index (χ0) is 19.7. The first-order valence-corrected chi connectivity index (χ1v) is 6.71. The van der Waals surface area contributed by atoms with Gasteiger partial charge in [0.15, 0.2) is 17.3 Å². The third kappa shape index (κ3) is 4.40. The molecule has 26 heavy (non-hydrogen) atoms. The van der Waals surface area contributed by atoms with Crippen LogP contribution in [0.2, 0.25) is 0 Å². The van der Waals surface area contributed by atoms with Gasteiger partial charge in [0.2, 0.25) is 0 Å². The van der Waals surface area contributed by atoms with Gasteiger partial charge in [0.25, 0.3) is 0 Å². The summed E-state index contributed by atoms with van der Waals surface area (Å²) >= 11 is 0. The van der Waals surface area contributed by atoms with E-state index in [0.717, 1.165) is 18.2 Å². The number of pyridine rings is 1. The molecule has 2 aromatic rings. The van der Waals surface area contributed by atoms with Crippen molar-refractivity contribution in [3.8, 4) is 11.8 Å². The average Bonchev–Trinajstić information content (AvgIpc) is 2.53. The van der Waals surface area contributed by atoms with Crippen molar-refractivity contribution in [3.63, 3.8) is 0 Å². The molecular formula is C15H8F7N3O. The van der Waals surface area contributed by atoms with Crippen LogP contribution < -0.4 is 10.5 Å². The van der Waals surface area contributed by atoms with Crippen LogP contribution in [0.5, 0.6) is 5.75 Å². The third-order valence-electron chi connectivity index (χ3n) is 3.17. The molecule has 0 bridgehead atoms. The lowest BCUT2D eigenvalue weighted by molar-refractivity contribution is -0.275. The van der Waals surface area contributed by atoms with Crippen molar-refractivity contribution < 1.29 is 35.5 Å². The van der Waals surface area contributed by atoms with Crippen LogP contribution in [0.1, 0.15) is 28.6 Å². The highest BCUT2D eigenvalue weighted by molar-refractivity contribution is 5.39. The number of aromatic nitrogens is 1. The molecule has 1 heterocycles. The summed E-state index contributed by atoms with van der Waals surface area (Å²) in [6.07, 6.45) is -10.0. The molecule has 11 heteroatoms. The molecule has 0 amide bonds. The number of hydrogen-bond acceptors (Lipinski definition) is 4. The van der Waals surface area contributed by atoms with Crippen LogP contribution in [0.3, 0.4) is 0 Å². The molecule has 0 aliphatic rings. The summed E-state index contributed by atoms with van der Waals surface area (Å²) in [4.78, 5) is 3.30. The average molecular weight is 379 g/mol. The summed E-state index contributed by atoms with van der Waals surface area (Å²) in [7, 11) is 0. The van der Waals surface area contributed by atoms with Gasteiger partial charge in [-0.05, 0) is 29.8 Å². The van der Waals surface area contributed by atoms with E-state index in [4.69, 9.17) is 11.0 Å². The van der Waals surface area contributed by atoms with Crippen LogP contribution in [-0.2, 0) is 6.18 Å². The Hall–Kier alpha value is -2.87. The minimum absolute atomic E-state index is 0.137. The Bertz CT molecular complexity index is 856. The highest BCUT2D eigenvalue weighted by Gasteiger charge is 2.36. The van der Waals surface area contributed by atoms with Gasteiger partial charge in [0.05, 0.1) is 17.3 Å². The van der Waals surface area contributed by atoms with Crippen molar-refractivity contribution in [3.05, 3.63) is 58.7 Å². The molecule has 0 aliphatic carbocycles. The lowest BCUT2D eigenvalue weighted by atomic mass is 10.0. The molecule has 0 spiro atoms. The summed E-state index contributed by atoms with van der Waals surface area (Å²) in [5.41, 5.74) is 3.04. The summed E-state index contributed by atoms with van der Waals surface area (Å²) in [5, 5.41) is 8.71. The van der Waals surface area contributed by atoms with E-state index >= 15 is 0 Å². The molecule has 2 rings (SSSR count). The third-order valence-corrected chi connectivity index (χ3v) is 3.17. The van der Waals surface area contributed by atoms with Crippen molar-refractivity contribution >= 4 is 0 Å². The maximum Gasteiger partial charge on any atom is 0.573 e. The molecule has 1 atom stereocenters. The minimum atomic E-state index is -5.11. The Morgan fingerprint density at radius 2 is 1.73 bits per heavy atom. The lowest BCUT2D eigenvalue weighted by Gasteiger charge is -2.16. The number of alkyl halides is 6. The number of nitriles is 1. The summed E-state index contributed by atoms with van der Waals surface area (Å²) in [5.74, 6) is -2.52. The lowest BCUT2D eigenvalue weighted by Crippen LogP contribution is -2.19. The predicted molar refractivity (Wildman–Crippen MR) is 73.1 cm³/mol. The molecule has 0 aliphatic heterocycles. The van der Waals surface area contributed by atoms with E-state index in [9.17, 15) is 30.7 Å². The van der Waals surface area contributed by atoms with Crippen molar-refractivity contribution in [2.24, 2.45) is 5.73 Å². The van der Waals surface area contributed by atoms with Gasteiger partial charge in [0, 0.05) is 0 Å². The van der Waals surface area contributed by atoms with Gasteiger partial charge in [-0.2, -0.15) is 18.4 Å². The van der Waals surface area contributed by atoms with E-state index in [1.807, 2.05) is 0 Å². The molecule has 0 radical (unpaired) electrons. The van der Waals surface area contributed by atoms with Crippen LogP contribution in [0, 0.1) is 17.1 Å². The molecule has 0 saturated carbocycles. The Kier molecular flexibility index (Phi) is 5.09. The Morgan fingerprint density at radius 1 is 1.08 bits per heavy atom. The fourth-order valence-corrected chi connectivity index (χ4v) is 2.04. The molecule has 0 saturated heterocycles. The first-order valence-electron chi connectivity index (χ1n) is 6.71. The number of ether oxygens (including phenoxy) is 1.